The first-order chi connectivity index (χ1) is 11.2. The number of carbonyl (C=O) groups is 2. The van der Waals surface area contributed by atoms with Gasteiger partial charge in [-0.1, -0.05) is 12.1 Å². The van der Waals surface area contributed by atoms with E-state index in [4.69, 9.17) is 0 Å². The molecule has 3 rings (SSSR count). The molecule has 7 heteroatoms. The van der Waals surface area contributed by atoms with E-state index in [1.54, 1.807) is 13.1 Å². The fraction of sp³-hybridized carbons (Fsp3) is 0.529. The molecule has 1 saturated heterocycles. The number of benzene rings is 1. The molecule has 130 valence electrons. The van der Waals surface area contributed by atoms with Gasteiger partial charge in [-0.15, -0.1) is 0 Å². The summed E-state index contributed by atoms with van der Waals surface area (Å²) in [4.78, 5) is 26.9. The predicted molar refractivity (Wildman–Crippen MR) is 91.3 cm³/mol. The van der Waals surface area contributed by atoms with Crippen LogP contribution < -0.4 is 5.32 Å². The van der Waals surface area contributed by atoms with E-state index in [9.17, 15) is 18.0 Å². The first-order valence-corrected chi connectivity index (χ1v) is 9.91. The van der Waals surface area contributed by atoms with Crippen molar-refractivity contribution >= 4 is 27.3 Å². The molecule has 2 aliphatic rings. The predicted octanol–water partition coefficient (Wildman–Crippen LogP) is 1.36. The van der Waals surface area contributed by atoms with Gasteiger partial charge in [0.2, 0.25) is 11.8 Å². The van der Waals surface area contributed by atoms with Crippen LogP contribution in [0.3, 0.4) is 0 Å². The molecule has 0 bridgehead atoms. The number of nitrogens with one attached hydrogen (secondary N) is 1. The monoisotopic (exact) mass is 350 g/mol. The third-order valence-electron chi connectivity index (χ3n) is 4.95. The maximum Gasteiger partial charge on any atom is 0.240 e. The number of aryl methyl sites for hydroxylation is 1. The van der Waals surface area contributed by atoms with Gasteiger partial charge >= 0.3 is 0 Å². The van der Waals surface area contributed by atoms with Crippen LogP contribution in [0, 0.1) is 12.3 Å². The second kappa shape index (κ2) is 5.88. The fourth-order valence-corrected chi connectivity index (χ4v) is 5.00. The van der Waals surface area contributed by atoms with Crippen LogP contribution in [0.15, 0.2) is 24.3 Å². The summed E-state index contributed by atoms with van der Waals surface area (Å²) in [7, 11) is -1.46. The molecule has 1 aliphatic carbocycles. The van der Waals surface area contributed by atoms with Gasteiger partial charge in [0.15, 0.2) is 9.84 Å². The summed E-state index contributed by atoms with van der Waals surface area (Å²) in [5.41, 5.74) is 0.660. The Hall–Kier alpha value is -1.89. The van der Waals surface area contributed by atoms with Gasteiger partial charge in [0.1, 0.15) is 5.41 Å². The molecule has 1 aromatic rings. The van der Waals surface area contributed by atoms with E-state index in [0.717, 1.165) is 5.56 Å². The Morgan fingerprint density at radius 1 is 1.29 bits per heavy atom. The molecule has 1 unspecified atom stereocenters. The van der Waals surface area contributed by atoms with Crippen molar-refractivity contribution < 1.29 is 18.0 Å². The van der Waals surface area contributed by atoms with E-state index in [0.29, 0.717) is 24.9 Å². The molecule has 0 spiro atoms. The smallest absolute Gasteiger partial charge is 0.240 e. The Morgan fingerprint density at radius 2 is 2.00 bits per heavy atom. The van der Waals surface area contributed by atoms with E-state index in [-0.39, 0.29) is 29.4 Å². The second-order valence-electron chi connectivity index (χ2n) is 6.88. The Morgan fingerprint density at radius 3 is 2.54 bits per heavy atom. The number of hydrogen-bond acceptors (Lipinski definition) is 4. The summed E-state index contributed by atoms with van der Waals surface area (Å²) in [6.45, 7) is 1.93. The van der Waals surface area contributed by atoms with Gasteiger partial charge in [-0.2, -0.15) is 0 Å². The summed E-state index contributed by atoms with van der Waals surface area (Å²) in [6.07, 6.45) is 1.46. The fourth-order valence-electron chi connectivity index (χ4n) is 3.22. The summed E-state index contributed by atoms with van der Waals surface area (Å²) < 4.78 is 23.2. The summed E-state index contributed by atoms with van der Waals surface area (Å²) in [5, 5.41) is 2.82. The number of carbonyl (C=O) groups excluding carboxylic acids is 2. The highest BCUT2D eigenvalue weighted by Gasteiger charge is 2.58. The van der Waals surface area contributed by atoms with Crippen LogP contribution in [0.1, 0.15) is 24.8 Å². The summed E-state index contributed by atoms with van der Waals surface area (Å²) >= 11 is 0. The molecule has 24 heavy (non-hydrogen) atoms. The zero-order valence-electron chi connectivity index (χ0n) is 13.9. The van der Waals surface area contributed by atoms with Crippen molar-refractivity contribution in [1.29, 1.82) is 0 Å². The van der Waals surface area contributed by atoms with Gasteiger partial charge in [0.05, 0.1) is 11.5 Å². The van der Waals surface area contributed by atoms with Crippen molar-refractivity contribution in [3.05, 3.63) is 29.8 Å². The van der Waals surface area contributed by atoms with Crippen LogP contribution in [0.2, 0.25) is 0 Å². The molecule has 1 aliphatic heterocycles. The molecular formula is C17H22N2O4S. The number of rotatable bonds is 4. The number of amides is 2. The normalized spacial score (nSPS) is 23.5. The Kier molecular flexibility index (Phi) is 4.15. The maximum absolute atomic E-state index is 12.8. The number of sulfone groups is 1. The second-order valence-corrected chi connectivity index (χ2v) is 9.11. The van der Waals surface area contributed by atoms with Crippen molar-refractivity contribution in [3.8, 4) is 0 Å². The van der Waals surface area contributed by atoms with Crippen LogP contribution >= 0.6 is 0 Å². The van der Waals surface area contributed by atoms with Crippen LogP contribution in [0.5, 0.6) is 0 Å². The largest absolute Gasteiger partial charge is 0.341 e. The van der Waals surface area contributed by atoms with Crippen LogP contribution in [0.25, 0.3) is 0 Å². The van der Waals surface area contributed by atoms with Gasteiger partial charge in [0.25, 0.3) is 0 Å². The Labute approximate surface area is 142 Å². The number of hydrogen-bond donors (Lipinski definition) is 1. The van der Waals surface area contributed by atoms with E-state index in [1.807, 2.05) is 25.1 Å². The molecule has 1 atom stereocenters. The van der Waals surface area contributed by atoms with E-state index < -0.39 is 15.3 Å². The van der Waals surface area contributed by atoms with Gasteiger partial charge in [0, 0.05) is 18.8 Å². The molecule has 1 saturated carbocycles. The highest BCUT2D eigenvalue weighted by molar-refractivity contribution is 7.91. The Bertz CT molecular complexity index is 784. The van der Waals surface area contributed by atoms with Crippen LogP contribution in [-0.2, 0) is 19.4 Å². The number of nitrogens with zero attached hydrogens (tertiary/aromatic N) is 1. The highest BCUT2D eigenvalue weighted by Crippen LogP contribution is 2.48. The minimum absolute atomic E-state index is 0.00911. The average Bonchev–Trinajstić information content (AvgIpc) is 3.25. The topological polar surface area (TPSA) is 83.6 Å². The lowest BCUT2D eigenvalue weighted by atomic mass is 10.0. The molecule has 2 amide bonds. The van der Waals surface area contributed by atoms with E-state index in [2.05, 4.69) is 5.32 Å². The first-order valence-electron chi connectivity index (χ1n) is 8.09. The lowest BCUT2D eigenvalue weighted by molar-refractivity contribution is -0.142. The molecule has 2 fully saturated rings. The average molecular weight is 350 g/mol. The minimum Gasteiger partial charge on any atom is -0.341 e. The van der Waals surface area contributed by atoms with Crippen molar-refractivity contribution in [2.75, 3.05) is 23.9 Å². The lowest BCUT2D eigenvalue weighted by Crippen LogP contribution is -2.46. The molecule has 1 aromatic carbocycles. The zero-order valence-corrected chi connectivity index (χ0v) is 14.7. The van der Waals surface area contributed by atoms with Gasteiger partial charge in [-0.25, -0.2) is 8.42 Å². The maximum atomic E-state index is 12.8. The number of anilines is 1. The van der Waals surface area contributed by atoms with Crippen molar-refractivity contribution in [2.45, 2.75) is 32.2 Å². The third kappa shape index (κ3) is 3.17. The van der Waals surface area contributed by atoms with Crippen molar-refractivity contribution in [3.63, 3.8) is 0 Å². The summed E-state index contributed by atoms with van der Waals surface area (Å²) in [6, 6.07) is 7.10. The van der Waals surface area contributed by atoms with Crippen LogP contribution in [-0.4, -0.2) is 49.7 Å². The Balaban J connectivity index is 1.71. The molecule has 1 heterocycles. The quantitative estimate of drug-likeness (QED) is 0.831. The van der Waals surface area contributed by atoms with Gasteiger partial charge in [-0.3, -0.25) is 9.59 Å². The van der Waals surface area contributed by atoms with Crippen molar-refractivity contribution in [1.82, 2.24) is 4.90 Å². The third-order valence-corrected chi connectivity index (χ3v) is 6.70. The molecule has 0 aromatic heterocycles. The first kappa shape index (κ1) is 17.0. The molecule has 0 radical (unpaired) electrons. The highest BCUT2D eigenvalue weighted by atomic mass is 32.2. The van der Waals surface area contributed by atoms with Crippen molar-refractivity contribution in [2.24, 2.45) is 5.41 Å². The van der Waals surface area contributed by atoms with Gasteiger partial charge < -0.3 is 10.2 Å². The zero-order chi connectivity index (χ0) is 17.5. The van der Waals surface area contributed by atoms with E-state index >= 15 is 0 Å². The SMILES string of the molecule is Cc1cccc(NC(=O)C2(C(=O)N(C)C3CCS(=O)(=O)C3)CC2)c1. The van der Waals surface area contributed by atoms with Gasteiger partial charge in [-0.05, 0) is 43.9 Å². The molecule has 6 nitrogen and oxygen atoms in total. The lowest BCUT2D eigenvalue weighted by Gasteiger charge is -2.27. The standard InChI is InChI=1S/C17H22N2O4S/c1-12-4-3-5-13(10-12)18-15(20)17(7-8-17)16(21)19(2)14-6-9-24(22,23)11-14/h3-5,10,14H,6-9,11H2,1-2H3,(H,18,20). The van der Waals surface area contributed by atoms with Crippen LogP contribution in [0.4, 0.5) is 5.69 Å². The molecular weight excluding hydrogens is 328 g/mol. The summed E-state index contributed by atoms with van der Waals surface area (Å²) in [5.74, 6) is -0.469. The molecule has 1 N–H and O–H groups in total. The minimum atomic E-state index is -3.07. The van der Waals surface area contributed by atoms with E-state index in [1.165, 1.54) is 4.90 Å².